The Labute approximate surface area is 142 Å². The number of aromatic nitrogens is 2. The second kappa shape index (κ2) is 6.00. The molecule has 1 atom stereocenters. The van der Waals surface area contributed by atoms with Crippen LogP contribution in [-0.4, -0.2) is 32.2 Å². The number of benzene rings is 1. The van der Waals surface area contributed by atoms with Gasteiger partial charge in [-0.25, -0.2) is 4.79 Å². The average Bonchev–Trinajstić information content (AvgIpc) is 3.08. The lowest BCUT2D eigenvalue weighted by molar-refractivity contribution is 0.372. The van der Waals surface area contributed by atoms with E-state index in [0.717, 1.165) is 14.7 Å². The van der Waals surface area contributed by atoms with E-state index in [4.69, 9.17) is 4.74 Å². The van der Waals surface area contributed by atoms with E-state index in [1.54, 1.807) is 18.2 Å². The van der Waals surface area contributed by atoms with E-state index in [2.05, 4.69) is 10.5 Å². The second-order valence-electron chi connectivity index (χ2n) is 5.78. The molecule has 0 bridgehead atoms. The zero-order valence-electron chi connectivity index (χ0n) is 14.0. The Kier molecular flexibility index (Phi) is 3.99. The number of aromatic hydroxyl groups is 2. The van der Waals surface area contributed by atoms with Crippen molar-refractivity contribution in [2.45, 2.75) is 12.5 Å². The van der Waals surface area contributed by atoms with Gasteiger partial charge >= 0.3 is 5.69 Å². The van der Waals surface area contributed by atoms with Crippen LogP contribution >= 0.6 is 0 Å². The van der Waals surface area contributed by atoms with Crippen LogP contribution in [0.1, 0.15) is 23.6 Å². The van der Waals surface area contributed by atoms with Gasteiger partial charge < -0.3 is 20.4 Å². The van der Waals surface area contributed by atoms with Gasteiger partial charge in [-0.05, 0) is 17.7 Å². The SMILES string of the molecule is COc1ccc([C@H]2CC(c3c(O)n(C)c(=O)n(C)c3=O)=NN2)cc1O. The average molecular weight is 346 g/mol. The number of phenolic OH excluding ortho intramolecular Hbond substituents is 1. The number of nitrogens with one attached hydrogen (secondary N) is 1. The molecule has 0 radical (unpaired) electrons. The molecule has 1 aliphatic heterocycles. The van der Waals surface area contributed by atoms with Crippen molar-refractivity contribution in [1.29, 1.82) is 0 Å². The van der Waals surface area contributed by atoms with E-state index in [-0.39, 0.29) is 17.4 Å². The summed E-state index contributed by atoms with van der Waals surface area (Å²) in [5.41, 5.74) is 2.73. The maximum absolute atomic E-state index is 12.4. The normalized spacial score (nSPS) is 16.4. The predicted molar refractivity (Wildman–Crippen MR) is 90.3 cm³/mol. The second-order valence-corrected chi connectivity index (χ2v) is 5.78. The van der Waals surface area contributed by atoms with E-state index in [9.17, 15) is 19.8 Å². The molecule has 9 heteroatoms. The Morgan fingerprint density at radius 3 is 2.60 bits per heavy atom. The molecule has 0 spiro atoms. The van der Waals surface area contributed by atoms with Crippen molar-refractivity contribution in [3.63, 3.8) is 0 Å². The van der Waals surface area contributed by atoms with Gasteiger partial charge in [0.2, 0.25) is 5.88 Å². The highest BCUT2D eigenvalue weighted by Gasteiger charge is 2.28. The van der Waals surface area contributed by atoms with Crippen LogP contribution in [0.4, 0.5) is 0 Å². The zero-order valence-corrected chi connectivity index (χ0v) is 14.0. The van der Waals surface area contributed by atoms with Crippen molar-refractivity contribution in [2.75, 3.05) is 7.11 Å². The number of rotatable bonds is 3. The van der Waals surface area contributed by atoms with Crippen LogP contribution in [0.25, 0.3) is 0 Å². The summed E-state index contributed by atoms with van der Waals surface area (Å²) in [6, 6.07) is 4.67. The summed E-state index contributed by atoms with van der Waals surface area (Å²) in [5, 5.41) is 24.2. The van der Waals surface area contributed by atoms with Crippen molar-refractivity contribution in [3.8, 4) is 17.4 Å². The number of ether oxygens (including phenoxy) is 1. The molecule has 1 aromatic carbocycles. The third kappa shape index (κ3) is 2.63. The molecular formula is C16H18N4O5. The van der Waals surface area contributed by atoms with Crippen LogP contribution < -0.4 is 21.4 Å². The standard InChI is InChI=1S/C16H18N4O5/c1-19-14(22)13(15(23)20(2)16(19)24)10-7-9(17-18-10)8-4-5-12(25-3)11(21)6-8/h4-6,9,17,21-22H,7H2,1-3H3/t9-/m1/s1. The third-order valence-corrected chi connectivity index (χ3v) is 4.28. The number of hydrogen-bond acceptors (Lipinski definition) is 7. The van der Waals surface area contributed by atoms with Crippen LogP contribution in [-0.2, 0) is 14.1 Å². The number of phenols is 1. The van der Waals surface area contributed by atoms with Crippen LogP contribution in [0.3, 0.4) is 0 Å². The lowest BCUT2D eigenvalue weighted by Gasteiger charge is -2.13. The largest absolute Gasteiger partial charge is 0.504 e. The number of methoxy groups -OCH3 is 1. The van der Waals surface area contributed by atoms with E-state index in [1.807, 2.05) is 0 Å². The molecule has 0 aliphatic carbocycles. The van der Waals surface area contributed by atoms with Crippen LogP contribution in [0.15, 0.2) is 32.9 Å². The van der Waals surface area contributed by atoms with Crippen LogP contribution in [0, 0.1) is 0 Å². The van der Waals surface area contributed by atoms with E-state index < -0.39 is 17.1 Å². The molecule has 0 saturated heterocycles. The highest BCUT2D eigenvalue weighted by atomic mass is 16.5. The fourth-order valence-corrected chi connectivity index (χ4v) is 2.80. The van der Waals surface area contributed by atoms with Gasteiger partial charge in [-0.1, -0.05) is 6.07 Å². The van der Waals surface area contributed by atoms with Gasteiger partial charge in [0.05, 0.1) is 18.9 Å². The molecule has 1 aromatic heterocycles. The highest BCUT2D eigenvalue weighted by Crippen LogP contribution is 2.32. The van der Waals surface area contributed by atoms with E-state index in [0.29, 0.717) is 17.9 Å². The van der Waals surface area contributed by atoms with Gasteiger partial charge in [-0.15, -0.1) is 0 Å². The molecule has 1 aliphatic rings. The summed E-state index contributed by atoms with van der Waals surface area (Å²) in [5.74, 6) is -0.0736. The molecule has 2 heterocycles. The third-order valence-electron chi connectivity index (χ3n) is 4.28. The zero-order chi connectivity index (χ0) is 18.3. The fourth-order valence-electron chi connectivity index (χ4n) is 2.80. The summed E-state index contributed by atoms with van der Waals surface area (Å²) in [4.78, 5) is 24.2. The monoisotopic (exact) mass is 346 g/mol. The van der Waals surface area contributed by atoms with Crippen LogP contribution in [0.5, 0.6) is 17.4 Å². The topological polar surface area (TPSA) is 118 Å². The Morgan fingerprint density at radius 2 is 1.96 bits per heavy atom. The molecule has 25 heavy (non-hydrogen) atoms. The first-order valence-electron chi connectivity index (χ1n) is 7.53. The molecule has 9 nitrogen and oxygen atoms in total. The summed E-state index contributed by atoms with van der Waals surface area (Å²) >= 11 is 0. The maximum atomic E-state index is 12.4. The molecule has 2 aromatic rings. The lowest BCUT2D eigenvalue weighted by atomic mass is 9.99. The van der Waals surface area contributed by atoms with Gasteiger partial charge in [0.25, 0.3) is 5.56 Å². The highest BCUT2D eigenvalue weighted by molar-refractivity contribution is 6.03. The van der Waals surface area contributed by atoms with Crippen molar-refractivity contribution < 1.29 is 14.9 Å². The molecule has 0 unspecified atom stereocenters. The maximum Gasteiger partial charge on any atom is 0.333 e. The van der Waals surface area contributed by atoms with Gasteiger partial charge in [-0.2, -0.15) is 5.10 Å². The Balaban J connectivity index is 1.95. The predicted octanol–water partition coefficient (Wildman–Crippen LogP) is -0.0575. The first-order valence-corrected chi connectivity index (χ1v) is 7.53. The molecular weight excluding hydrogens is 328 g/mol. The molecule has 0 saturated carbocycles. The van der Waals surface area contributed by atoms with Crippen molar-refractivity contribution in [3.05, 3.63) is 50.2 Å². The fraction of sp³-hybridized carbons (Fsp3) is 0.312. The minimum Gasteiger partial charge on any atom is -0.504 e. The smallest absolute Gasteiger partial charge is 0.333 e. The van der Waals surface area contributed by atoms with Gasteiger partial charge in [-0.3, -0.25) is 13.9 Å². The first kappa shape index (κ1) is 16.6. The van der Waals surface area contributed by atoms with Gasteiger partial charge in [0.1, 0.15) is 5.56 Å². The molecule has 0 amide bonds. The molecule has 3 rings (SSSR count). The first-order chi connectivity index (χ1) is 11.8. The molecule has 3 N–H and O–H groups in total. The molecule has 132 valence electrons. The number of nitrogens with zero attached hydrogens (tertiary/aromatic N) is 3. The van der Waals surface area contributed by atoms with Gasteiger partial charge in [0, 0.05) is 20.5 Å². The van der Waals surface area contributed by atoms with Crippen LogP contribution in [0.2, 0.25) is 0 Å². The van der Waals surface area contributed by atoms with Crippen molar-refractivity contribution in [2.24, 2.45) is 19.2 Å². The summed E-state index contributed by atoms with van der Waals surface area (Å²) in [6.45, 7) is 0. The summed E-state index contributed by atoms with van der Waals surface area (Å²) < 4.78 is 6.93. The van der Waals surface area contributed by atoms with Crippen molar-refractivity contribution in [1.82, 2.24) is 14.6 Å². The Hall–Kier alpha value is -3.23. The lowest BCUT2D eigenvalue weighted by Crippen LogP contribution is -2.39. The quantitative estimate of drug-likeness (QED) is 0.717. The Morgan fingerprint density at radius 1 is 1.24 bits per heavy atom. The van der Waals surface area contributed by atoms with Crippen molar-refractivity contribution >= 4 is 5.71 Å². The Bertz CT molecular complexity index is 989. The minimum absolute atomic E-state index is 0.00359. The number of hydrazone groups is 1. The molecule has 0 fully saturated rings. The van der Waals surface area contributed by atoms with E-state index >= 15 is 0 Å². The summed E-state index contributed by atoms with van der Waals surface area (Å²) in [7, 11) is 4.18. The van der Waals surface area contributed by atoms with Gasteiger partial charge in [0.15, 0.2) is 11.5 Å². The summed E-state index contributed by atoms with van der Waals surface area (Å²) in [6.07, 6.45) is 0.312. The minimum atomic E-state index is -0.616. The van der Waals surface area contributed by atoms with E-state index in [1.165, 1.54) is 21.2 Å². The number of hydrogen-bond donors (Lipinski definition) is 3.